The summed E-state index contributed by atoms with van der Waals surface area (Å²) in [4.78, 5) is 27.7. The summed E-state index contributed by atoms with van der Waals surface area (Å²) in [5.74, 6) is -0.0656. The number of esters is 1. The van der Waals surface area contributed by atoms with Crippen molar-refractivity contribution in [3.8, 4) is 16.9 Å². The van der Waals surface area contributed by atoms with E-state index < -0.39 is 23.8 Å². The van der Waals surface area contributed by atoms with Crippen LogP contribution in [-0.2, 0) is 22.3 Å². The second-order valence-corrected chi connectivity index (χ2v) is 8.81. The number of methoxy groups -OCH3 is 2. The van der Waals surface area contributed by atoms with E-state index in [1.165, 1.54) is 19.2 Å². The van der Waals surface area contributed by atoms with Crippen molar-refractivity contribution in [1.29, 1.82) is 0 Å². The quantitative estimate of drug-likeness (QED) is 0.455. The zero-order valence-corrected chi connectivity index (χ0v) is 20.4. The lowest BCUT2D eigenvalue weighted by atomic mass is 9.98. The Morgan fingerprint density at radius 2 is 1.65 bits per heavy atom. The number of hydrogen-bond acceptors (Lipinski definition) is 5. The molecule has 0 spiro atoms. The predicted octanol–water partition coefficient (Wildman–Crippen LogP) is 4.93. The van der Waals surface area contributed by atoms with Gasteiger partial charge >= 0.3 is 12.1 Å². The van der Waals surface area contributed by atoms with E-state index in [-0.39, 0.29) is 11.9 Å². The Balaban J connectivity index is 1.53. The Kier molecular flexibility index (Phi) is 7.83. The summed E-state index contributed by atoms with van der Waals surface area (Å²) < 4.78 is 49.4. The maximum atomic E-state index is 13.3. The Hall–Kier alpha value is -3.85. The fourth-order valence-electron chi connectivity index (χ4n) is 4.65. The number of benzene rings is 3. The third-order valence-electron chi connectivity index (χ3n) is 6.47. The highest BCUT2D eigenvalue weighted by molar-refractivity contribution is 6.01. The van der Waals surface area contributed by atoms with E-state index in [2.05, 4.69) is 5.32 Å². The number of halogens is 3. The minimum Gasteiger partial charge on any atom is -0.496 e. The smallest absolute Gasteiger partial charge is 0.416 e. The predicted molar refractivity (Wildman–Crippen MR) is 132 cm³/mol. The largest absolute Gasteiger partial charge is 0.496 e. The Bertz CT molecular complexity index is 1260. The van der Waals surface area contributed by atoms with Crippen molar-refractivity contribution in [3.63, 3.8) is 0 Å². The van der Waals surface area contributed by atoms with Crippen LogP contribution in [0.5, 0.6) is 5.75 Å². The van der Waals surface area contributed by atoms with Gasteiger partial charge in [-0.2, -0.15) is 13.2 Å². The second-order valence-electron chi connectivity index (χ2n) is 8.81. The number of nitrogens with one attached hydrogen (secondary N) is 1. The summed E-state index contributed by atoms with van der Waals surface area (Å²) in [5.41, 5.74) is 1.49. The van der Waals surface area contributed by atoms with Gasteiger partial charge in [-0.15, -0.1) is 0 Å². The molecule has 1 N–H and O–H groups in total. The number of amides is 1. The van der Waals surface area contributed by atoms with Crippen LogP contribution in [0.15, 0.2) is 72.8 Å². The molecule has 0 unspecified atom stereocenters. The highest BCUT2D eigenvalue weighted by Crippen LogP contribution is 2.32. The van der Waals surface area contributed by atoms with E-state index in [1.54, 1.807) is 31.4 Å². The summed E-state index contributed by atoms with van der Waals surface area (Å²) in [6.07, 6.45) is -4.08. The van der Waals surface area contributed by atoms with Crippen molar-refractivity contribution in [2.45, 2.75) is 31.2 Å². The summed E-state index contributed by atoms with van der Waals surface area (Å²) in [6, 6.07) is 18.1. The van der Waals surface area contributed by atoms with Crippen LogP contribution in [0.3, 0.4) is 0 Å². The van der Waals surface area contributed by atoms with Crippen molar-refractivity contribution in [3.05, 3.63) is 89.5 Å². The third kappa shape index (κ3) is 5.94. The molecule has 1 aliphatic rings. The normalized spacial score (nSPS) is 17.9. The van der Waals surface area contributed by atoms with Gasteiger partial charge in [0.2, 0.25) is 0 Å². The van der Waals surface area contributed by atoms with Crippen molar-refractivity contribution in [2.75, 3.05) is 20.8 Å². The first-order chi connectivity index (χ1) is 17.7. The first-order valence-corrected chi connectivity index (χ1v) is 11.7. The Morgan fingerprint density at radius 1 is 0.973 bits per heavy atom. The average Bonchev–Trinajstić information content (AvgIpc) is 3.30. The molecule has 0 bridgehead atoms. The number of hydrogen-bond donors (Lipinski definition) is 1. The molecule has 1 saturated heterocycles. The summed E-state index contributed by atoms with van der Waals surface area (Å²) >= 11 is 0. The molecule has 9 heteroatoms. The van der Waals surface area contributed by atoms with Gasteiger partial charge in [0.05, 0.1) is 19.8 Å². The SMILES string of the molecule is COC(=O)[C@@H]1C[C@H](NC(=O)c2ccccc2-c2ccc(C(F)(F)F)cc2)CN1Cc1ccccc1OC. The lowest BCUT2D eigenvalue weighted by Gasteiger charge is -2.23. The fraction of sp³-hybridized carbons (Fsp3) is 0.286. The van der Waals surface area contributed by atoms with E-state index in [1.807, 2.05) is 29.2 Å². The molecule has 0 radical (unpaired) electrons. The second kappa shape index (κ2) is 11.0. The van der Waals surface area contributed by atoms with E-state index in [4.69, 9.17) is 9.47 Å². The number of carbonyl (C=O) groups excluding carboxylic acids is 2. The van der Waals surface area contributed by atoms with Gasteiger partial charge in [-0.25, -0.2) is 0 Å². The monoisotopic (exact) mass is 512 g/mol. The van der Waals surface area contributed by atoms with Crippen LogP contribution in [0, 0.1) is 0 Å². The number of nitrogens with zero attached hydrogens (tertiary/aromatic N) is 1. The van der Waals surface area contributed by atoms with E-state index >= 15 is 0 Å². The molecule has 2 atom stereocenters. The zero-order valence-electron chi connectivity index (χ0n) is 20.4. The van der Waals surface area contributed by atoms with Crippen LogP contribution in [0.1, 0.15) is 27.9 Å². The molecule has 3 aromatic carbocycles. The molecule has 3 aromatic rings. The fourth-order valence-corrected chi connectivity index (χ4v) is 4.65. The lowest BCUT2D eigenvalue weighted by molar-refractivity contribution is -0.146. The zero-order chi connectivity index (χ0) is 26.6. The molecule has 0 aliphatic carbocycles. The van der Waals surface area contributed by atoms with Crippen molar-refractivity contribution in [1.82, 2.24) is 10.2 Å². The van der Waals surface area contributed by atoms with Crippen molar-refractivity contribution in [2.24, 2.45) is 0 Å². The van der Waals surface area contributed by atoms with Gasteiger partial charge in [-0.3, -0.25) is 14.5 Å². The molecule has 6 nitrogen and oxygen atoms in total. The highest BCUT2D eigenvalue weighted by Gasteiger charge is 2.38. The van der Waals surface area contributed by atoms with Crippen molar-refractivity contribution >= 4 is 11.9 Å². The molecule has 0 saturated carbocycles. The standard InChI is InChI=1S/C28H27F3N2O4/c1-36-25-10-6-3-7-19(25)16-33-17-21(15-24(33)27(35)37-2)32-26(34)23-9-5-4-8-22(23)18-11-13-20(14-12-18)28(29,30)31/h3-14,21,24H,15-17H2,1-2H3,(H,32,34)/t21-,24-/m0/s1. The van der Waals surface area contributed by atoms with Gasteiger partial charge in [0.25, 0.3) is 5.91 Å². The van der Waals surface area contributed by atoms with E-state index in [0.717, 1.165) is 17.7 Å². The van der Waals surface area contributed by atoms with Crippen LogP contribution < -0.4 is 10.1 Å². The number of carbonyl (C=O) groups is 2. The van der Waals surface area contributed by atoms with Gasteiger partial charge in [-0.05, 0) is 41.8 Å². The summed E-state index contributed by atoms with van der Waals surface area (Å²) in [7, 11) is 2.91. The van der Waals surface area contributed by atoms with Crippen LogP contribution in [0.25, 0.3) is 11.1 Å². The number of ether oxygens (including phenoxy) is 2. The summed E-state index contributed by atoms with van der Waals surface area (Å²) in [5, 5.41) is 2.99. The van der Waals surface area contributed by atoms with Gasteiger partial charge < -0.3 is 14.8 Å². The average molecular weight is 513 g/mol. The van der Waals surface area contributed by atoms with Gasteiger partial charge in [0.1, 0.15) is 11.8 Å². The topological polar surface area (TPSA) is 67.9 Å². The summed E-state index contributed by atoms with van der Waals surface area (Å²) in [6.45, 7) is 0.838. The van der Waals surface area contributed by atoms with Crippen molar-refractivity contribution < 1.29 is 32.2 Å². The third-order valence-corrected chi connectivity index (χ3v) is 6.47. The van der Waals surface area contributed by atoms with Crippen LogP contribution in [0.2, 0.25) is 0 Å². The number of likely N-dealkylation sites (tertiary alicyclic amines) is 1. The minimum atomic E-state index is -4.44. The van der Waals surface area contributed by atoms with Gasteiger partial charge in [0.15, 0.2) is 0 Å². The van der Waals surface area contributed by atoms with Crippen LogP contribution in [-0.4, -0.2) is 49.6 Å². The lowest BCUT2D eigenvalue weighted by Crippen LogP contribution is -2.38. The molecule has 4 rings (SSSR count). The first-order valence-electron chi connectivity index (χ1n) is 11.7. The Labute approximate surface area is 213 Å². The molecule has 0 aromatic heterocycles. The molecule has 1 heterocycles. The van der Waals surface area contributed by atoms with Gasteiger partial charge in [-0.1, -0.05) is 48.5 Å². The van der Waals surface area contributed by atoms with E-state index in [9.17, 15) is 22.8 Å². The van der Waals surface area contributed by atoms with Crippen LogP contribution in [0.4, 0.5) is 13.2 Å². The first kappa shape index (κ1) is 26.2. The molecule has 37 heavy (non-hydrogen) atoms. The van der Waals surface area contributed by atoms with E-state index in [0.29, 0.717) is 42.0 Å². The molecule has 1 amide bonds. The Morgan fingerprint density at radius 3 is 2.32 bits per heavy atom. The maximum absolute atomic E-state index is 13.3. The maximum Gasteiger partial charge on any atom is 0.416 e. The highest BCUT2D eigenvalue weighted by atomic mass is 19.4. The number of para-hydroxylation sites is 1. The number of rotatable bonds is 7. The van der Waals surface area contributed by atoms with Crippen LogP contribution >= 0.6 is 0 Å². The molecular weight excluding hydrogens is 485 g/mol. The van der Waals surface area contributed by atoms with Gasteiger partial charge in [0, 0.05) is 30.3 Å². The molecule has 1 aliphatic heterocycles. The molecule has 194 valence electrons. The minimum absolute atomic E-state index is 0.333. The molecular formula is C28H27F3N2O4. The molecule has 1 fully saturated rings. The number of alkyl halides is 3.